The van der Waals surface area contributed by atoms with E-state index in [0.717, 1.165) is 50.0 Å². The minimum atomic E-state index is -0.0553. The van der Waals surface area contributed by atoms with Crippen molar-refractivity contribution < 1.29 is 19.0 Å². The zero-order valence-corrected chi connectivity index (χ0v) is 18.3. The second-order valence-corrected chi connectivity index (χ2v) is 8.56. The van der Waals surface area contributed by atoms with Crippen LogP contribution >= 0.6 is 0 Å². The number of carbonyl (C=O) groups excluding carboxylic acids is 1. The lowest BCUT2D eigenvalue weighted by Gasteiger charge is -2.30. The van der Waals surface area contributed by atoms with Crippen molar-refractivity contribution in [2.75, 3.05) is 6.61 Å². The predicted molar refractivity (Wildman–Crippen MR) is 117 cm³/mol. The summed E-state index contributed by atoms with van der Waals surface area (Å²) in [5.41, 5.74) is 5.13. The normalized spacial score (nSPS) is 23.2. The molecule has 1 heterocycles. The van der Waals surface area contributed by atoms with Crippen molar-refractivity contribution in [1.29, 1.82) is 0 Å². The second-order valence-electron chi connectivity index (χ2n) is 8.56. The molecule has 4 nitrogen and oxygen atoms in total. The number of benzene rings is 2. The molecule has 1 aliphatic carbocycles. The number of rotatable bonds is 5. The Hall–Kier alpha value is -2.49. The highest BCUT2D eigenvalue weighted by Crippen LogP contribution is 2.39. The van der Waals surface area contributed by atoms with E-state index in [9.17, 15) is 4.79 Å². The Morgan fingerprint density at radius 1 is 1.03 bits per heavy atom. The fourth-order valence-corrected chi connectivity index (χ4v) is 4.85. The summed E-state index contributed by atoms with van der Waals surface area (Å²) in [4.78, 5) is 11.9. The lowest BCUT2D eigenvalue weighted by molar-refractivity contribution is -0.149. The first-order chi connectivity index (χ1) is 14.5. The molecule has 160 valence electrons. The van der Waals surface area contributed by atoms with Gasteiger partial charge in [0, 0.05) is 0 Å². The predicted octanol–water partition coefficient (Wildman–Crippen LogP) is 5.87. The second kappa shape index (κ2) is 9.11. The van der Waals surface area contributed by atoms with Gasteiger partial charge < -0.3 is 14.2 Å². The molecule has 1 saturated carbocycles. The number of esters is 1. The van der Waals surface area contributed by atoms with Crippen LogP contribution in [0.25, 0.3) is 0 Å². The van der Waals surface area contributed by atoms with Gasteiger partial charge in [0.15, 0.2) is 0 Å². The molecule has 0 spiro atoms. The average molecular weight is 409 g/mol. The van der Waals surface area contributed by atoms with Gasteiger partial charge in [-0.05, 0) is 99.7 Å². The fourth-order valence-electron chi connectivity index (χ4n) is 4.85. The Morgan fingerprint density at radius 2 is 1.77 bits per heavy atom. The quantitative estimate of drug-likeness (QED) is 0.580. The molecule has 30 heavy (non-hydrogen) atoms. The van der Waals surface area contributed by atoms with E-state index in [2.05, 4.69) is 44.2 Å². The number of ether oxygens (including phenoxy) is 3. The van der Waals surface area contributed by atoms with E-state index in [1.165, 1.54) is 22.3 Å². The molecule has 0 N–H and O–H groups in total. The van der Waals surface area contributed by atoms with Gasteiger partial charge in [0.25, 0.3) is 0 Å². The molecule has 4 heteroatoms. The molecule has 2 aromatic rings. The average Bonchev–Trinajstić information content (AvgIpc) is 2.74. The van der Waals surface area contributed by atoms with Gasteiger partial charge in [-0.15, -0.1) is 0 Å². The van der Waals surface area contributed by atoms with E-state index in [4.69, 9.17) is 14.2 Å². The number of aryl methyl sites for hydroxylation is 3. The summed E-state index contributed by atoms with van der Waals surface area (Å²) < 4.78 is 17.8. The van der Waals surface area contributed by atoms with E-state index in [1.54, 1.807) is 0 Å². The zero-order chi connectivity index (χ0) is 21.1. The van der Waals surface area contributed by atoms with Gasteiger partial charge in [-0.3, -0.25) is 4.79 Å². The summed E-state index contributed by atoms with van der Waals surface area (Å²) >= 11 is 0. The van der Waals surface area contributed by atoms with E-state index >= 15 is 0 Å². The molecule has 1 fully saturated rings. The maximum atomic E-state index is 11.9. The van der Waals surface area contributed by atoms with Crippen LogP contribution in [0.1, 0.15) is 67.4 Å². The first-order valence-corrected chi connectivity index (χ1v) is 11.2. The highest BCUT2D eigenvalue weighted by atomic mass is 16.5. The third-order valence-electron chi connectivity index (χ3n) is 6.44. The topological polar surface area (TPSA) is 44.8 Å². The van der Waals surface area contributed by atoms with Crippen molar-refractivity contribution in [3.8, 4) is 11.5 Å². The van der Waals surface area contributed by atoms with Crippen LogP contribution in [0.15, 0.2) is 36.4 Å². The van der Waals surface area contributed by atoms with Gasteiger partial charge in [-0.2, -0.15) is 0 Å². The molecule has 1 unspecified atom stereocenters. The minimum absolute atomic E-state index is 0.0311. The maximum absolute atomic E-state index is 11.9. The molecular formula is C26H32O4. The Balaban J connectivity index is 1.37. The Labute approximate surface area is 179 Å². The van der Waals surface area contributed by atoms with Crippen LogP contribution in [0.4, 0.5) is 0 Å². The Morgan fingerprint density at radius 3 is 2.47 bits per heavy atom. The molecule has 2 aromatic carbocycles. The van der Waals surface area contributed by atoms with Crippen LogP contribution in [-0.2, 0) is 16.0 Å². The van der Waals surface area contributed by atoms with Gasteiger partial charge in [-0.25, -0.2) is 0 Å². The molecular weight excluding hydrogens is 376 g/mol. The third kappa shape index (κ3) is 4.48. The van der Waals surface area contributed by atoms with E-state index in [1.807, 2.05) is 13.0 Å². The Kier molecular flexibility index (Phi) is 6.31. The van der Waals surface area contributed by atoms with E-state index < -0.39 is 0 Å². The molecule has 0 amide bonds. The largest absolute Gasteiger partial charge is 0.490 e. The highest BCUT2D eigenvalue weighted by molar-refractivity contribution is 5.72. The summed E-state index contributed by atoms with van der Waals surface area (Å²) in [5, 5.41) is 0. The van der Waals surface area contributed by atoms with Crippen molar-refractivity contribution in [3.63, 3.8) is 0 Å². The van der Waals surface area contributed by atoms with Crippen molar-refractivity contribution in [1.82, 2.24) is 0 Å². The van der Waals surface area contributed by atoms with Crippen molar-refractivity contribution in [2.45, 2.75) is 71.5 Å². The first kappa shape index (κ1) is 20.8. The van der Waals surface area contributed by atoms with Crippen LogP contribution < -0.4 is 9.47 Å². The third-order valence-corrected chi connectivity index (χ3v) is 6.44. The van der Waals surface area contributed by atoms with Crippen molar-refractivity contribution in [3.05, 3.63) is 58.7 Å². The van der Waals surface area contributed by atoms with Gasteiger partial charge in [0.1, 0.15) is 17.6 Å². The number of fused-ring (bicyclic) bond motifs is 1. The molecule has 1 atom stereocenters. The zero-order valence-electron chi connectivity index (χ0n) is 18.3. The summed E-state index contributed by atoms with van der Waals surface area (Å²) in [6.45, 7) is 6.64. The Bertz CT molecular complexity index is 876. The lowest BCUT2D eigenvalue weighted by Crippen LogP contribution is -2.29. The standard InChI is InChI=1S/C26H32O4/c1-4-28-26(27)19-8-11-21(12-9-19)29-22-13-15-23-20(16-22)10-14-24(30-23)25-17(2)6-5-7-18(25)3/h5-7,13,15-16,19,21,24H,4,8-12,14H2,1-3H3. The molecule has 4 rings (SSSR count). The summed E-state index contributed by atoms with van der Waals surface area (Å²) in [6, 6.07) is 12.6. The molecule has 1 aliphatic heterocycles. The summed E-state index contributed by atoms with van der Waals surface area (Å²) in [7, 11) is 0. The van der Waals surface area contributed by atoms with E-state index in [-0.39, 0.29) is 24.1 Å². The van der Waals surface area contributed by atoms with Crippen LogP contribution in [0.2, 0.25) is 0 Å². The van der Waals surface area contributed by atoms with Crippen LogP contribution in [0.3, 0.4) is 0 Å². The summed E-state index contributed by atoms with van der Waals surface area (Å²) in [5.74, 6) is 1.85. The van der Waals surface area contributed by atoms with Crippen molar-refractivity contribution >= 4 is 5.97 Å². The molecule has 0 bridgehead atoms. The van der Waals surface area contributed by atoms with Gasteiger partial charge in [0.2, 0.25) is 0 Å². The molecule has 0 saturated heterocycles. The fraction of sp³-hybridized carbons (Fsp3) is 0.500. The maximum Gasteiger partial charge on any atom is 0.308 e. The first-order valence-electron chi connectivity index (χ1n) is 11.2. The van der Waals surface area contributed by atoms with Gasteiger partial charge >= 0.3 is 5.97 Å². The van der Waals surface area contributed by atoms with Crippen molar-refractivity contribution in [2.24, 2.45) is 5.92 Å². The lowest BCUT2D eigenvalue weighted by atomic mass is 9.87. The number of carbonyl (C=O) groups is 1. The van der Waals surface area contributed by atoms with Crippen LogP contribution in [-0.4, -0.2) is 18.7 Å². The highest BCUT2D eigenvalue weighted by Gasteiger charge is 2.29. The molecule has 2 aliphatic rings. The molecule has 0 aromatic heterocycles. The van der Waals surface area contributed by atoms with Crippen LogP contribution in [0.5, 0.6) is 11.5 Å². The van der Waals surface area contributed by atoms with Crippen LogP contribution in [0, 0.1) is 19.8 Å². The van der Waals surface area contributed by atoms with Gasteiger partial charge in [0.05, 0.1) is 18.6 Å². The number of hydrogen-bond acceptors (Lipinski definition) is 4. The monoisotopic (exact) mass is 408 g/mol. The summed E-state index contributed by atoms with van der Waals surface area (Å²) in [6.07, 6.45) is 5.72. The van der Waals surface area contributed by atoms with Gasteiger partial charge in [-0.1, -0.05) is 18.2 Å². The SMILES string of the molecule is CCOC(=O)C1CCC(Oc2ccc3c(c2)CCC(c2c(C)cccc2C)O3)CC1. The van der Waals surface area contributed by atoms with E-state index in [0.29, 0.717) is 6.61 Å². The molecule has 0 radical (unpaired) electrons. The number of hydrogen-bond donors (Lipinski definition) is 0. The minimum Gasteiger partial charge on any atom is -0.490 e. The smallest absolute Gasteiger partial charge is 0.308 e.